The molecule has 0 aliphatic carbocycles. The second kappa shape index (κ2) is 7.52. The summed E-state index contributed by atoms with van der Waals surface area (Å²) in [5.41, 5.74) is 5.19. The molecule has 5 rings (SSSR count). The van der Waals surface area contributed by atoms with E-state index >= 15 is 0 Å². The number of nitrogens with zero attached hydrogens (tertiary/aromatic N) is 2. The number of anilines is 1. The number of aromatic hydroxyl groups is 1. The topological polar surface area (TPSA) is 43.8 Å². The molecule has 0 aromatic heterocycles. The van der Waals surface area contributed by atoms with Gasteiger partial charge in [-0.25, -0.2) is 0 Å². The standard InChI is InChI=1S/C26H26N2O2/c1-2-26(30)28-16-22(17-28)19-9-10-21-15-27(11-5-7-18(21)12-19)25-14-23(29)13-20-6-3-4-8-24(20)25/h2-4,6,8-10,12-14,22,29H,1,5,7,11,15-17H2. The van der Waals surface area contributed by atoms with Crippen LogP contribution in [0.2, 0.25) is 0 Å². The van der Waals surface area contributed by atoms with Crippen LogP contribution in [0.3, 0.4) is 0 Å². The number of carbonyl (C=O) groups is 1. The van der Waals surface area contributed by atoms with Crippen LogP contribution in [0.4, 0.5) is 5.69 Å². The number of benzene rings is 3. The first-order valence-electron chi connectivity index (χ1n) is 10.6. The molecule has 152 valence electrons. The monoisotopic (exact) mass is 398 g/mol. The minimum Gasteiger partial charge on any atom is -0.508 e. The Balaban J connectivity index is 1.40. The molecule has 1 amide bonds. The van der Waals surface area contributed by atoms with Crippen molar-refractivity contribution in [3.05, 3.63) is 83.9 Å². The van der Waals surface area contributed by atoms with Gasteiger partial charge >= 0.3 is 0 Å². The zero-order chi connectivity index (χ0) is 20.7. The van der Waals surface area contributed by atoms with E-state index < -0.39 is 0 Å². The van der Waals surface area contributed by atoms with Crippen molar-refractivity contribution in [2.45, 2.75) is 25.3 Å². The lowest BCUT2D eigenvalue weighted by atomic mass is 9.88. The number of rotatable bonds is 3. The molecule has 1 fully saturated rings. The van der Waals surface area contributed by atoms with E-state index in [1.54, 1.807) is 0 Å². The third-order valence-electron chi connectivity index (χ3n) is 6.47. The molecule has 0 radical (unpaired) electrons. The average molecular weight is 399 g/mol. The zero-order valence-corrected chi connectivity index (χ0v) is 17.1. The first kappa shape index (κ1) is 18.7. The Morgan fingerprint density at radius 2 is 1.90 bits per heavy atom. The lowest BCUT2D eigenvalue weighted by Gasteiger charge is -2.39. The smallest absolute Gasteiger partial charge is 0.245 e. The summed E-state index contributed by atoms with van der Waals surface area (Å²) in [5.74, 6) is 0.760. The normalized spacial score (nSPS) is 16.7. The molecule has 0 spiro atoms. The van der Waals surface area contributed by atoms with Gasteiger partial charge in [0.25, 0.3) is 0 Å². The SMILES string of the molecule is C=CC(=O)N1CC(c2ccc3c(c2)CCCN(c2cc(O)cc4ccccc24)C3)C1. The van der Waals surface area contributed by atoms with E-state index in [4.69, 9.17) is 0 Å². The summed E-state index contributed by atoms with van der Waals surface area (Å²) in [6, 6.07) is 18.8. The number of likely N-dealkylation sites (tertiary alicyclic amines) is 1. The molecule has 4 nitrogen and oxygen atoms in total. The van der Waals surface area contributed by atoms with Gasteiger partial charge in [0.05, 0.1) is 0 Å². The molecule has 30 heavy (non-hydrogen) atoms. The Morgan fingerprint density at radius 1 is 1.07 bits per heavy atom. The fraction of sp³-hybridized carbons (Fsp3) is 0.269. The largest absolute Gasteiger partial charge is 0.508 e. The summed E-state index contributed by atoms with van der Waals surface area (Å²) in [5, 5.41) is 12.5. The van der Waals surface area contributed by atoms with E-state index in [1.807, 2.05) is 23.1 Å². The van der Waals surface area contributed by atoms with Gasteiger partial charge in [-0.3, -0.25) is 4.79 Å². The van der Waals surface area contributed by atoms with Gasteiger partial charge in [-0.1, -0.05) is 49.0 Å². The van der Waals surface area contributed by atoms with E-state index in [0.717, 1.165) is 50.1 Å². The quantitative estimate of drug-likeness (QED) is 0.655. The highest BCUT2D eigenvalue weighted by molar-refractivity contribution is 5.95. The molecular formula is C26H26N2O2. The Labute approximate surface area is 177 Å². The number of phenolic OH excluding ortho intramolecular Hbond substituents is 1. The van der Waals surface area contributed by atoms with Crippen molar-refractivity contribution < 1.29 is 9.90 Å². The van der Waals surface area contributed by atoms with Crippen molar-refractivity contribution >= 4 is 22.4 Å². The second-order valence-electron chi connectivity index (χ2n) is 8.38. The van der Waals surface area contributed by atoms with Gasteiger partial charge in [0.1, 0.15) is 5.75 Å². The molecule has 2 heterocycles. The summed E-state index contributed by atoms with van der Waals surface area (Å²) in [4.78, 5) is 16.0. The predicted octanol–water partition coefficient (Wildman–Crippen LogP) is 4.61. The maximum Gasteiger partial charge on any atom is 0.245 e. The third kappa shape index (κ3) is 3.32. The minimum atomic E-state index is 0.0231. The van der Waals surface area contributed by atoms with Crippen LogP contribution in [0.5, 0.6) is 5.75 Å². The van der Waals surface area contributed by atoms with E-state index in [9.17, 15) is 9.90 Å². The van der Waals surface area contributed by atoms with E-state index in [-0.39, 0.29) is 5.91 Å². The molecule has 2 aliphatic rings. The first-order valence-corrected chi connectivity index (χ1v) is 10.6. The zero-order valence-electron chi connectivity index (χ0n) is 17.1. The molecule has 1 N–H and O–H groups in total. The van der Waals surface area contributed by atoms with Gasteiger partial charge in [0, 0.05) is 49.2 Å². The summed E-state index contributed by atoms with van der Waals surface area (Å²) in [6.45, 7) is 6.94. The molecule has 2 aliphatic heterocycles. The van der Waals surface area contributed by atoms with Gasteiger partial charge in [-0.15, -0.1) is 0 Å². The van der Waals surface area contributed by atoms with Crippen molar-refractivity contribution in [1.82, 2.24) is 4.90 Å². The molecular weight excluding hydrogens is 372 g/mol. The number of aryl methyl sites for hydroxylation is 1. The Kier molecular flexibility index (Phi) is 4.70. The summed E-state index contributed by atoms with van der Waals surface area (Å²) in [7, 11) is 0. The first-order chi connectivity index (χ1) is 14.6. The number of amides is 1. The van der Waals surface area contributed by atoms with E-state index in [2.05, 4.69) is 47.9 Å². The molecule has 3 aromatic carbocycles. The Bertz CT molecular complexity index is 1130. The van der Waals surface area contributed by atoms with Crippen LogP contribution in [0, 0.1) is 0 Å². The molecule has 0 bridgehead atoms. The number of carbonyl (C=O) groups excluding carboxylic acids is 1. The summed E-state index contributed by atoms with van der Waals surface area (Å²) >= 11 is 0. The van der Waals surface area contributed by atoms with Gasteiger partial charge < -0.3 is 14.9 Å². The van der Waals surface area contributed by atoms with Crippen LogP contribution in [-0.2, 0) is 17.8 Å². The van der Waals surface area contributed by atoms with Gasteiger partial charge in [-0.2, -0.15) is 0 Å². The van der Waals surface area contributed by atoms with Crippen molar-refractivity contribution in [3.63, 3.8) is 0 Å². The minimum absolute atomic E-state index is 0.0231. The molecule has 0 atom stereocenters. The summed E-state index contributed by atoms with van der Waals surface area (Å²) < 4.78 is 0. The van der Waals surface area contributed by atoms with Crippen molar-refractivity contribution in [2.24, 2.45) is 0 Å². The summed E-state index contributed by atoms with van der Waals surface area (Å²) in [6.07, 6.45) is 3.53. The van der Waals surface area contributed by atoms with Crippen LogP contribution in [-0.4, -0.2) is 35.5 Å². The maximum atomic E-state index is 11.7. The molecule has 3 aromatic rings. The molecule has 4 heteroatoms. The van der Waals surface area contributed by atoms with Gasteiger partial charge in [0.2, 0.25) is 5.91 Å². The highest BCUT2D eigenvalue weighted by Gasteiger charge is 2.31. The number of fused-ring (bicyclic) bond motifs is 2. The highest BCUT2D eigenvalue weighted by Crippen LogP contribution is 2.35. The van der Waals surface area contributed by atoms with Crippen molar-refractivity contribution in [3.8, 4) is 5.75 Å². The van der Waals surface area contributed by atoms with Crippen LogP contribution in [0.25, 0.3) is 10.8 Å². The average Bonchev–Trinajstić information content (AvgIpc) is 2.94. The molecule has 0 saturated carbocycles. The van der Waals surface area contributed by atoms with Crippen LogP contribution < -0.4 is 4.90 Å². The van der Waals surface area contributed by atoms with Crippen molar-refractivity contribution in [2.75, 3.05) is 24.5 Å². The fourth-order valence-electron chi connectivity index (χ4n) is 4.77. The fourth-order valence-corrected chi connectivity index (χ4v) is 4.77. The van der Waals surface area contributed by atoms with Crippen LogP contribution in [0.15, 0.2) is 67.3 Å². The van der Waals surface area contributed by atoms with Crippen LogP contribution in [0.1, 0.15) is 29.0 Å². The molecule has 0 unspecified atom stereocenters. The number of hydrogen-bond donors (Lipinski definition) is 1. The Morgan fingerprint density at radius 3 is 2.73 bits per heavy atom. The number of hydrogen-bond acceptors (Lipinski definition) is 3. The van der Waals surface area contributed by atoms with Gasteiger partial charge in [-0.05, 0) is 47.1 Å². The lowest BCUT2D eigenvalue weighted by molar-refractivity contribution is -0.130. The Hall–Kier alpha value is -3.27. The maximum absolute atomic E-state index is 11.7. The van der Waals surface area contributed by atoms with Crippen LogP contribution >= 0.6 is 0 Å². The predicted molar refractivity (Wildman–Crippen MR) is 121 cm³/mol. The second-order valence-corrected chi connectivity index (χ2v) is 8.38. The third-order valence-corrected chi connectivity index (χ3v) is 6.47. The highest BCUT2D eigenvalue weighted by atomic mass is 16.3. The number of phenols is 1. The molecule has 1 saturated heterocycles. The van der Waals surface area contributed by atoms with Gasteiger partial charge in [0.15, 0.2) is 0 Å². The van der Waals surface area contributed by atoms with E-state index in [0.29, 0.717) is 11.7 Å². The van der Waals surface area contributed by atoms with Crippen molar-refractivity contribution in [1.29, 1.82) is 0 Å². The van der Waals surface area contributed by atoms with E-state index in [1.165, 1.54) is 28.2 Å². The lowest BCUT2D eigenvalue weighted by Crippen LogP contribution is -2.47.